The number of anilines is 2. The predicted molar refractivity (Wildman–Crippen MR) is 102 cm³/mol. The van der Waals surface area contributed by atoms with Crippen LogP contribution in [0.2, 0.25) is 0 Å². The first-order valence-electron chi connectivity index (χ1n) is 8.71. The first kappa shape index (κ1) is 17.0. The summed E-state index contributed by atoms with van der Waals surface area (Å²) in [6, 6.07) is 13.9. The molecule has 0 saturated carbocycles. The van der Waals surface area contributed by atoms with Crippen molar-refractivity contribution in [1.82, 2.24) is 5.43 Å². The Kier molecular flexibility index (Phi) is 3.84. The third-order valence-corrected chi connectivity index (χ3v) is 4.88. The van der Waals surface area contributed by atoms with Crippen LogP contribution in [0.3, 0.4) is 0 Å². The van der Waals surface area contributed by atoms with Crippen LogP contribution in [0.5, 0.6) is 0 Å². The summed E-state index contributed by atoms with van der Waals surface area (Å²) in [6.07, 6.45) is 0. The lowest BCUT2D eigenvalue weighted by Gasteiger charge is -2.26. The van der Waals surface area contributed by atoms with E-state index in [1.165, 1.54) is 6.92 Å². The van der Waals surface area contributed by atoms with Crippen molar-refractivity contribution in [3.05, 3.63) is 70.9 Å². The summed E-state index contributed by atoms with van der Waals surface area (Å²) in [5.41, 5.74) is 6.67. The Morgan fingerprint density at radius 2 is 1.41 bits per heavy atom. The predicted octanol–water partition coefficient (Wildman–Crippen LogP) is 2.41. The number of benzene rings is 2. The zero-order chi connectivity index (χ0) is 19.3. The van der Waals surface area contributed by atoms with Gasteiger partial charge in [-0.15, -0.1) is 0 Å². The van der Waals surface area contributed by atoms with Crippen molar-refractivity contribution in [3.8, 4) is 0 Å². The normalized spacial score (nSPS) is 18.9. The van der Waals surface area contributed by atoms with Crippen LogP contribution < -0.4 is 15.3 Å². The highest BCUT2D eigenvalue weighted by molar-refractivity contribution is 6.34. The average molecular weight is 361 g/mol. The number of hydrogen-bond donors (Lipinski definition) is 1. The molecule has 0 aliphatic carbocycles. The fourth-order valence-corrected chi connectivity index (χ4v) is 3.44. The van der Waals surface area contributed by atoms with Crippen molar-refractivity contribution in [1.29, 1.82) is 0 Å². The zero-order valence-electron chi connectivity index (χ0n) is 15.3. The second kappa shape index (κ2) is 6.09. The number of aryl methyl sites for hydroxylation is 2. The molecule has 0 aromatic heterocycles. The summed E-state index contributed by atoms with van der Waals surface area (Å²) in [7, 11) is 0. The molecule has 1 fully saturated rings. The molecule has 4 rings (SSSR count). The molecule has 0 spiro atoms. The summed E-state index contributed by atoms with van der Waals surface area (Å²) in [5.74, 6) is -1.11. The van der Waals surface area contributed by atoms with Gasteiger partial charge in [0.25, 0.3) is 11.8 Å². The molecule has 0 unspecified atom stereocenters. The number of imide groups is 1. The first-order chi connectivity index (χ1) is 12.9. The van der Waals surface area contributed by atoms with Crippen LogP contribution in [-0.4, -0.2) is 23.6 Å². The van der Waals surface area contributed by atoms with Crippen LogP contribution in [0.1, 0.15) is 18.1 Å². The Morgan fingerprint density at radius 3 is 1.93 bits per heavy atom. The van der Waals surface area contributed by atoms with Gasteiger partial charge in [-0.1, -0.05) is 35.4 Å². The fraction of sp³-hybridized carbons (Fsp3) is 0.190. The second-order valence-electron chi connectivity index (χ2n) is 6.88. The van der Waals surface area contributed by atoms with Gasteiger partial charge in [-0.25, -0.2) is 4.90 Å². The van der Waals surface area contributed by atoms with E-state index in [-0.39, 0.29) is 23.0 Å². The summed E-state index contributed by atoms with van der Waals surface area (Å²) in [6.45, 7) is 5.29. The maximum Gasteiger partial charge on any atom is 0.266 e. The van der Waals surface area contributed by atoms with Crippen molar-refractivity contribution in [2.75, 3.05) is 9.91 Å². The molecule has 2 heterocycles. The van der Waals surface area contributed by atoms with Crippen molar-refractivity contribution in [2.45, 2.75) is 26.8 Å². The van der Waals surface area contributed by atoms with Crippen molar-refractivity contribution in [3.63, 3.8) is 0 Å². The van der Waals surface area contributed by atoms with Crippen LogP contribution in [0.15, 0.2) is 59.8 Å². The number of carbonyl (C=O) groups excluding carboxylic acids is 3. The van der Waals surface area contributed by atoms with Crippen LogP contribution in [0, 0.1) is 13.8 Å². The smallest absolute Gasteiger partial charge is 0.266 e. The van der Waals surface area contributed by atoms with Crippen LogP contribution in [0.4, 0.5) is 11.4 Å². The van der Waals surface area contributed by atoms with Gasteiger partial charge in [-0.05, 0) is 38.1 Å². The number of amides is 2. The number of nitrogens with zero attached hydrogens (tertiary/aromatic N) is 2. The Hall–Kier alpha value is -3.41. The lowest BCUT2D eigenvalue weighted by molar-refractivity contribution is -0.121. The lowest BCUT2D eigenvalue weighted by atomic mass is 10.1. The van der Waals surface area contributed by atoms with E-state index in [1.807, 2.05) is 50.2 Å². The SMILES string of the molecule is CC(=O)C1=C2C(=O)N(c3ccc(C)cc3)C(=O)[C@H]2N(c2ccc(C)cc2)N1. The molecule has 2 aromatic rings. The van der Waals surface area contributed by atoms with E-state index in [0.717, 1.165) is 16.0 Å². The van der Waals surface area contributed by atoms with Crippen LogP contribution in [-0.2, 0) is 14.4 Å². The van der Waals surface area contributed by atoms with Crippen molar-refractivity contribution in [2.24, 2.45) is 0 Å². The molecule has 2 aliphatic rings. The summed E-state index contributed by atoms with van der Waals surface area (Å²) < 4.78 is 0. The summed E-state index contributed by atoms with van der Waals surface area (Å²) >= 11 is 0. The molecule has 1 atom stereocenters. The van der Waals surface area contributed by atoms with Gasteiger partial charge in [0.2, 0.25) is 0 Å². The molecular weight excluding hydrogens is 342 g/mol. The third kappa shape index (κ3) is 2.61. The highest BCUT2D eigenvalue weighted by atomic mass is 16.2. The number of ketones is 1. The van der Waals surface area contributed by atoms with E-state index in [9.17, 15) is 14.4 Å². The molecule has 0 radical (unpaired) electrons. The molecule has 27 heavy (non-hydrogen) atoms. The van der Waals surface area contributed by atoms with Crippen LogP contribution >= 0.6 is 0 Å². The molecule has 0 bridgehead atoms. The Bertz CT molecular complexity index is 990. The van der Waals surface area contributed by atoms with Gasteiger partial charge in [0.05, 0.1) is 16.9 Å². The van der Waals surface area contributed by atoms with Gasteiger partial charge in [0, 0.05) is 6.92 Å². The average Bonchev–Trinajstić information content (AvgIpc) is 3.15. The van der Waals surface area contributed by atoms with Gasteiger partial charge in [-0.3, -0.25) is 24.8 Å². The minimum atomic E-state index is -0.861. The molecule has 1 N–H and O–H groups in total. The number of fused-ring (bicyclic) bond motifs is 1. The van der Waals surface area contributed by atoms with Crippen molar-refractivity contribution >= 4 is 29.0 Å². The van der Waals surface area contributed by atoms with E-state index < -0.39 is 11.9 Å². The topological polar surface area (TPSA) is 69.7 Å². The highest BCUT2D eigenvalue weighted by Gasteiger charge is 2.53. The second-order valence-corrected chi connectivity index (χ2v) is 6.88. The quantitative estimate of drug-likeness (QED) is 0.851. The standard InChI is InChI=1S/C21H19N3O3/c1-12-4-8-15(9-5-12)23-20(26)17-18(14(3)25)22-24(19(17)21(23)27)16-10-6-13(2)7-11-16/h4-11,19,22H,1-3H3/t19-/m0/s1. The fourth-order valence-electron chi connectivity index (χ4n) is 3.44. The minimum Gasteiger partial charge on any atom is -0.293 e. The number of carbonyl (C=O) groups is 3. The lowest BCUT2D eigenvalue weighted by Crippen LogP contribution is -2.46. The monoisotopic (exact) mass is 361 g/mol. The number of hydrogen-bond acceptors (Lipinski definition) is 5. The molecule has 2 aliphatic heterocycles. The number of allylic oxidation sites excluding steroid dienone is 1. The molecule has 6 nitrogen and oxygen atoms in total. The van der Waals surface area contributed by atoms with Gasteiger partial charge >= 0.3 is 0 Å². The summed E-state index contributed by atoms with van der Waals surface area (Å²) in [4.78, 5) is 39.5. The number of hydrazine groups is 1. The molecular formula is C21H19N3O3. The number of nitrogens with one attached hydrogen (secondary N) is 1. The first-order valence-corrected chi connectivity index (χ1v) is 8.71. The zero-order valence-corrected chi connectivity index (χ0v) is 15.3. The maximum atomic E-state index is 13.2. The Labute approximate surface area is 157 Å². The van der Waals surface area contributed by atoms with Crippen molar-refractivity contribution < 1.29 is 14.4 Å². The summed E-state index contributed by atoms with van der Waals surface area (Å²) in [5, 5.41) is 1.60. The molecule has 2 aromatic carbocycles. The van der Waals surface area contributed by atoms with Gasteiger partial charge in [0.1, 0.15) is 5.70 Å². The molecule has 6 heteroatoms. The third-order valence-electron chi connectivity index (χ3n) is 4.88. The van der Waals surface area contributed by atoms with Crippen LogP contribution in [0.25, 0.3) is 0 Å². The maximum absolute atomic E-state index is 13.2. The molecule has 2 amide bonds. The van der Waals surface area contributed by atoms with E-state index in [4.69, 9.17) is 0 Å². The largest absolute Gasteiger partial charge is 0.293 e. The van der Waals surface area contributed by atoms with E-state index in [2.05, 4.69) is 5.43 Å². The number of Topliss-reactive ketones (excluding diaryl/α,β-unsaturated/α-hetero) is 1. The Morgan fingerprint density at radius 1 is 0.889 bits per heavy atom. The van der Waals surface area contributed by atoms with E-state index >= 15 is 0 Å². The van der Waals surface area contributed by atoms with E-state index in [1.54, 1.807) is 17.1 Å². The Balaban J connectivity index is 1.80. The highest BCUT2D eigenvalue weighted by Crippen LogP contribution is 2.36. The van der Waals surface area contributed by atoms with Gasteiger partial charge in [0.15, 0.2) is 11.8 Å². The van der Waals surface area contributed by atoms with Gasteiger partial charge < -0.3 is 0 Å². The van der Waals surface area contributed by atoms with E-state index in [0.29, 0.717) is 11.4 Å². The van der Waals surface area contributed by atoms with Gasteiger partial charge in [-0.2, -0.15) is 0 Å². The molecule has 136 valence electrons. The number of rotatable bonds is 3. The minimum absolute atomic E-state index is 0.175. The molecule has 1 saturated heterocycles.